The van der Waals surface area contributed by atoms with Gasteiger partial charge in [-0.1, -0.05) is 20.3 Å². The molecule has 6 nitrogen and oxygen atoms in total. The van der Waals surface area contributed by atoms with Crippen LogP contribution in [0.5, 0.6) is 0 Å². The van der Waals surface area contributed by atoms with Crippen molar-refractivity contribution in [2.24, 2.45) is 5.92 Å². The van der Waals surface area contributed by atoms with Gasteiger partial charge < -0.3 is 10.4 Å². The van der Waals surface area contributed by atoms with Crippen LogP contribution in [0, 0.1) is 12.8 Å². The molecular weight excluding hydrogens is 302 g/mol. The molecule has 22 heavy (non-hydrogen) atoms. The summed E-state index contributed by atoms with van der Waals surface area (Å²) < 4.78 is 1.38. The lowest BCUT2D eigenvalue weighted by Gasteiger charge is -2.29. The van der Waals surface area contributed by atoms with Crippen LogP contribution >= 0.6 is 11.3 Å². The van der Waals surface area contributed by atoms with Crippen LogP contribution < -0.4 is 10.9 Å². The van der Waals surface area contributed by atoms with Crippen LogP contribution in [0.4, 0.5) is 0 Å². The van der Waals surface area contributed by atoms with Gasteiger partial charge in [0.15, 0.2) is 4.96 Å². The molecule has 0 saturated carbocycles. The largest absolute Gasteiger partial charge is 0.388 e. The molecule has 0 fully saturated rings. The Balaban J connectivity index is 2.20. The van der Waals surface area contributed by atoms with Crippen LogP contribution in [0.3, 0.4) is 0 Å². The number of aryl methyl sites for hydroxylation is 1. The standard InChI is InChI=1S/C15H21N3O3S/c1-5-9(2)15(4,21)8-17-12(19)11-6-16-14-18(13(11)20)7-10(3)22-14/h6-7,9,21H,5,8H2,1-4H3,(H,17,19). The number of aliphatic hydroxyl groups is 1. The Morgan fingerprint density at radius 1 is 1.59 bits per heavy atom. The Kier molecular flexibility index (Phi) is 4.67. The third kappa shape index (κ3) is 3.20. The van der Waals surface area contributed by atoms with Gasteiger partial charge in [-0.15, -0.1) is 11.3 Å². The van der Waals surface area contributed by atoms with Crippen molar-refractivity contribution in [3.05, 3.63) is 33.2 Å². The first-order valence-corrected chi connectivity index (χ1v) is 8.06. The number of carbonyl (C=O) groups excluding carboxylic acids is 1. The number of nitrogens with one attached hydrogen (secondary N) is 1. The SMILES string of the molecule is CCC(C)C(C)(O)CNC(=O)c1cnc2sc(C)cn2c1=O. The molecule has 0 bridgehead atoms. The fourth-order valence-corrected chi connectivity index (χ4v) is 2.90. The summed E-state index contributed by atoms with van der Waals surface area (Å²) in [7, 11) is 0. The first kappa shape index (κ1) is 16.6. The second-order valence-corrected chi connectivity index (χ2v) is 7.03. The fourth-order valence-electron chi connectivity index (χ4n) is 2.12. The zero-order chi connectivity index (χ0) is 16.5. The van der Waals surface area contributed by atoms with E-state index in [9.17, 15) is 14.7 Å². The Bertz CT molecular complexity index is 748. The third-order valence-electron chi connectivity index (χ3n) is 4.05. The Hall–Kier alpha value is -1.73. The van der Waals surface area contributed by atoms with Gasteiger partial charge in [0.05, 0.1) is 5.60 Å². The highest BCUT2D eigenvalue weighted by Gasteiger charge is 2.28. The normalized spacial score (nSPS) is 15.5. The second-order valence-electron chi connectivity index (χ2n) is 5.82. The van der Waals surface area contributed by atoms with E-state index >= 15 is 0 Å². The molecule has 0 aromatic carbocycles. The molecule has 7 heteroatoms. The molecule has 0 saturated heterocycles. The minimum absolute atomic E-state index is 0.0183. The van der Waals surface area contributed by atoms with Crippen molar-refractivity contribution < 1.29 is 9.90 Å². The molecule has 2 heterocycles. The van der Waals surface area contributed by atoms with Crippen LogP contribution in [0.25, 0.3) is 4.96 Å². The van der Waals surface area contributed by atoms with Crippen LogP contribution in [0.1, 0.15) is 42.4 Å². The average molecular weight is 323 g/mol. The molecule has 0 aliphatic carbocycles. The molecule has 1 amide bonds. The molecule has 0 radical (unpaired) electrons. The van der Waals surface area contributed by atoms with Gasteiger partial charge in [0.25, 0.3) is 11.5 Å². The number of fused-ring (bicyclic) bond motifs is 1. The smallest absolute Gasteiger partial charge is 0.271 e. The van der Waals surface area contributed by atoms with Gasteiger partial charge in [0.2, 0.25) is 0 Å². The summed E-state index contributed by atoms with van der Waals surface area (Å²) in [6.45, 7) is 7.54. The molecule has 0 aliphatic rings. The van der Waals surface area contributed by atoms with E-state index in [0.717, 1.165) is 11.3 Å². The predicted molar refractivity (Wildman–Crippen MR) is 86.5 cm³/mol. The van der Waals surface area contributed by atoms with Crippen molar-refractivity contribution in [1.82, 2.24) is 14.7 Å². The highest BCUT2D eigenvalue weighted by molar-refractivity contribution is 7.16. The Morgan fingerprint density at radius 3 is 2.91 bits per heavy atom. The van der Waals surface area contributed by atoms with E-state index in [1.54, 1.807) is 13.1 Å². The second kappa shape index (κ2) is 6.18. The van der Waals surface area contributed by atoms with Crippen molar-refractivity contribution in [2.75, 3.05) is 6.54 Å². The van der Waals surface area contributed by atoms with E-state index in [-0.39, 0.29) is 18.0 Å². The molecule has 120 valence electrons. The maximum Gasteiger partial charge on any atom is 0.271 e. The topological polar surface area (TPSA) is 83.7 Å². The van der Waals surface area contributed by atoms with Crippen molar-refractivity contribution in [3.63, 3.8) is 0 Å². The minimum Gasteiger partial charge on any atom is -0.388 e. The molecule has 2 atom stereocenters. The van der Waals surface area contributed by atoms with Gasteiger partial charge in [-0.05, 0) is 19.8 Å². The van der Waals surface area contributed by atoms with Gasteiger partial charge in [-0.25, -0.2) is 4.98 Å². The zero-order valence-corrected chi connectivity index (χ0v) is 14.0. The van der Waals surface area contributed by atoms with Crippen molar-refractivity contribution >= 4 is 22.2 Å². The van der Waals surface area contributed by atoms with E-state index in [1.807, 2.05) is 20.8 Å². The summed E-state index contributed by atoms with van der Waals surface area (Å²) in [5.41, 5.74) is -1.43. The molecule has 2 aromatic rings. The average Bonchev–Trinajstić information content (AvgIpc) is 2.85. The van der Waals surface area contributed by atoms with E-state index in [1.165, 1.54) is 21.9 Å². The van der Waals surface area contributed by atoms with Gasteiger partial charge in [-0.2, -0.15) is 0 Å². The number of thiazole rings is 1. The quantitative estimate of drug-likeness (QED) is 0.875. The lowest BCUT2D eigenvalue weighted by molar-refractivity contribution is 0.00590. The molecule has 0 aliphatic heterocycles. The number of nitrogens with zero attached hydrogens (tertiary/aromatic N) is 2. The van der Waals surface area contributed by atoms with Gasteiger partial charge >= 0.3 is 0 Å². The maximum absolute atomic E-state index is 12.3. The summed E-state index contributed by atoms with van der Waals surface area (Å²) in [5, 5.41) is 12.9. The zero-order valence-electron chi connectivity index (χ0n) is 13.2. The summed E-state index contributed by atoms with van der Waals surface area (Å²) >= 11 is 1.39. The van der Waals surface area contributed by atoms with E-state index in [0.29, 0.717) is 4.96 Å². The van der Waals surface area contributed by atoms with Crippen LogP contribution in [0.2, 0.25) is 0 Å². The number of hydrogen-bond acceptors (Lipinski definition) is 5. The van der Waals surface area contributed by atoms with Gasteiger partial charge in [0, 0.05) is 23.8 Å². The number of hydrogen-bond donors (Lipinski definition) is 2. The van der Waals surface area contributed by atoms with Gasteiger partial charge in [0.1, 0.15) is 5.56 Å². The Labute approximate surface area is 132 Å². The molecule has 2 unspecified atom stereocenters. The molecule has 0 spiro atoms. The lowest BCUT2D eigenvalue weighted by atomic mass is 9.88. The summed E-state index contributed by atoms with van der Waals surface area (Å²) in [6.07, 6.45) is 3.76. The predicted octanol–water partition coefficient (Wildman–Crippen LogP) is 1.59. The van der Waals surface area contributed by atoms with Crippen LogP contribution in [0.15, 0.2) is 17.2 Å². The Morgan fingerprint density at radius 2 is 2.27 bits per heavy atom. The summed E-state index contributed by atoms with van der Waals surface area (Å²) in [4.78, 5) is 30.2. The summed E-state index contributed by atoms with van der Waals surface area (Å²) in [5.74, 6) is -0.478. The van der Waals surface area contributed by atoms with Crippen molar-refractivity contribution in [2.45, 2.75) is 39.7 Å². The summed E-state index contributed by atoms with van der Waals surface area (Å²) in [6, 6.07) is 0. The van der Waals surface area contributed by atoms with Gasteiger partial charge in [-0.3, -0.25) is 14.0 Å². The number of amides is 1. The number of rotatable bonds is 5. The monoisotopic (exact) mass is 323 g/mol. The van der Waals surface area contributed by atoms with Crippen molar-refractivity contribution in [1.29, 1.82) is 0 Å². The van der Waals surface area contributed by atoms with Crippen molar-refractivity contribution in [3.8, 4) is 0 Å². The fraction of sp³-hybridized carbons (Fsp3) is 0.533. The molecule has 2 N–H and O–H groups in total. The van der Waals surface area contributed by atoms with E-state index in [2.05, 4.69) is 10.3 Å². The highest BCUT2D eigenvalue weighted by Crippen LogP contribution is 2.19. The molecular formula is C15H21N3O3S. The highest BCUT2D eigenvalue weighted by atomic mass is 32.1. The minimum atomic E-state index is -1.02. The van der Waals surface area contributed by atoms with E-state index in [4.69, 9.17) is 0 Å². The molecule has 2 aromatic heterocycles. The number of carbonyl (C=O) groups is 1. The third-order valence-corrected chi connectivity index (χ3v) is 4.96. The molecule has 2 rings (SSSR count). The first-order chi connectivity index (χ1) is 10.3. The van der Waals surface area contributed by atoms with Crippen LogP contribution in [-0.4, -0.2) is 32.5 Å². The maximum atomic E-state index is 12.3. The lowest BCUT2D eigenvalue weighted by Crippen LogP contribution is -2.46. The first-order valence-electron chi connectivity index (χ1n) is 7.24. The number of aromatic nitrogens is 2. The van der Waals surface area contributed by atoms with E-state index < -0.39 is 17.1 Å². The van der Waals surface area contributed by atoms with Crippen LogP contribution in [-0.2, 0) is 0 Å².